The van der Waals surface area contributed by atoms with E-state index in [9.17, 15) is 10.3 Å². The zero-order chi connectivity index (χ0) is 19.1. The Balaban J connectivity index is 2.22. The average Bonchev–Trinajstić information content (AvgIpc) is 3.18. The highest BCUT2D eigenvalue weighted by molar-refractivity contribution is 6.12. The van der Waals surface area contributed by atoms with Gasteiger partial charge in [-0.15, -0.1) is 0 Å². The van der Waals surface area contributed by atoms with E-state index in [1.807, 2.05) is 29.0 Å². The van der Waals surface area contributed by atoms with Gasteiger partial charge in [0.25, 0.3) is 0 Å². The molecular weight excluding hydrogens is 344 g/mol. The van der Waals surface area contributed by atoms with Crippen molar-refractivity contribution in [2.24, 2.45) is 10.9 Å². The molecule has 136 valence electrons. The van der Waals surface area contributed by atoms with Crippen LogP contribution in [-0.4, -0.2) is 35.3 Å². The maximum Gasteiger partial charge on any atom is 0.174 e. The number of nitrogens with two attached hydrogens (primary N) is 1. The number of phenolic OH excluding ortho intramolecular Hbond substituents is 1. The Morgan fingerprint density at radius 3 is 2.44 bits per heavy atom. The molecule has 1 aromatic carbocycles. The zero-order valence-electron chi connectivity index (χ0n) is 14.8. The van der Waals surface area contributed by atoms with Crippen molar-refractivity contribution in [3.63, 3.8) is 0 Å². The molecule has 0 aliphatic carbocycles. The van der Waals surface area contributed by atoms with Crippen molar-refractivity contribution in [3.8, 4) is 17.3 Å². The van der Waals surface area contributed by atoms with E-state index >= 15 is 0 Å². The molecule has 3 aromatic heterocycles. The number of aromatic hydroxyl groups is 1. The molecule has 8 nitrogen and oxygen atoms in total. The quantitative estimate of drug-likeness (QED) is 0.224. The highest BCUT2D eigenvalue weighted by Gasteiger charge is 2.25. The number of hydrogen-bond acceptors (Lipinski definition) is 5. The summed E-state index contributed by atoms with van der Waals surface area (Å²) >= 11 is 0. The van der Waals surface area contributed by atoms with E-state index in [1.54, 1.807) is 42.7 Å². The van der Waals surface area contributed by atoms with Gasteiger partial charge in [-0.25, -0.2) is 9.97 Å². The minimum absolute atomic E-state index is 0.0203. The van der Waals surface area contributed by atoms with E-state index < -0.39 is 0 Å². The molecule has 27 heavy (non-hydrogen) atoms. The summed E-state index contributed by atoms with van der Waals surface area (Å²) in [6.07, 6.45) is 3.45. The van der Waals surface area contributed by atoms with E-state index in [4.69, 9.17) is 5.73 Å². The number of phenols is 1. The molecule has 0 radical (unpaired) electrons. The molecule has 0 bridgehead atoms. The molecule has 0 atom stereocenters. The second-order valence-corrected chi connectivity index (χ2v) is 6.19. The lowest BCUT2D eigenvalue weighted by atomic mass is 10.2. The van der Waals surface area contributed by atoms with Gasteiger partial charge >= 0.3 is 0 Å². The largest absolute Gasteiger partial charge is 0.508 e. The van der Waals surface area contributed by atoms with Crippen molar-refractivity contribution >= 4 is 16.9 Å². The van der Waals surface area contributed by atoms with Crippen molar-refractivity contribution in [3.05, 3.63) is 65.9 Å². The van der Waals surface area contributed by atoms with Crippen molar-refractivity contribution in [2.45, 2.75) is 13.8 Å². The van der Waals surface area contributed by atoms with Crippen LogP contribution in [0.1, 0.15) is 17.1 Å². The maximum atomic E-state index is 9.68. The third-order valence-corrected chi connectivity index (χ3v) is 4.50. The molecule has 0 fully saturated rings. The number of pyridine rings is 1. The van der Waals surface area contributed by atoms with E-state index in [0.717, 1.165) is 22.6 Å². The van der Waals surface area contributed by atoms with Crippen LogP contribution in [0, 0.1) is 13.8 Å². The molecule has 4 N–H and O–H groups in total. The molecule has 3 heterocycles. The fourth-order valence-electron chi connectivity index (χ4n) is 3.34. The number of aryl methyl sites for hydroxylation is 2. The average molecular weight is 362 g/mol. The number of imidazole rings is 1. The first-order valence-electron chi connectivity index (χ1n) is 8.31. The number of oxime groups is 1. The fraction of sp³-hybridized carbons (Fsp3) is 0.105. The van der Waals surface area contributed by atoms with Crippen LogP contribution in [0.25, 0.3) is 22.5 Å². The van der Waals surface area contributed by atoms with Gasteiger partial charge in [0.15, 0.2) is 5.84 Å². The van der Waals surface area contributed by atoms with Crippen molar-refractivity contribution in [1.82, 2.24) is 19.1 Å². The first-order chi connectivity index (χ1) is 13.0. The van der Waals surface area contributed by atoms with Crippen molar-refractivity contribution in [2.75, 3.05) is 0 Å². The predicted molar refractivity (Wildman–Crippen MR) is 102 cm³/mol. The summed E-state index contributed by atoms with van der Waals surface area (Å²) in [5, 5.41) is 23.1. The summed E-state index contributed by atoms with van der Waals surface area (Å²) in [5.74, 6) is 1.56. The van der Waals surface area contributed by atoms with Gasteiger partial charge in [0.05, 0.1) is 5.56 Å². The van der Waals surface area contributed by atoms with Crippen LogP contribution in [0.5, 0.6) is 5.75 Å². The molecule has 0 aliphatic heterocycles. The summed E-state index contributed by atoms with van der Waals surface area (Å²) in [6.45, 7) is 3.82. The van der Waals surface area contributed by atoms with Crippen molar-refractivity contribution in [1.29, 1.82) is 0 Å². The number of nitrogens with zero attached hydrogens (tertiary/aromatic N) is 5. The van der Waals surface area contributed by atoms with Gasteiger partial charge < -0.3 is 16.0 Å². The van der Waals surface area contributed by atoms with Crippen LogP contribution < -0.4 is 5.73 Å². The summed E-state index contributed by atoms with van der Waals surface area (Å²) in [6, 6.07) is 10.4. The Morgan fingerprint density at radius 2 is 1.81 bits per heavy atom. The minimum atomic E-state index is -0.0203. The van der Waals surface area contributed by atoms with Crippen LogP contribution >= 0.6 is 0 Å². The molecule has 8 heteroatoms. The third-order valence-electron chi connectivity index (χ3n) is 4.50. The van der Waals surface area contributed by atoms with Crippen LogP contribution in [0.3, 0.4) is 0 Å². The van der Waals surface area contributed by atoms with Crippen LogP contribution in [0.4, 0.5) is 0 Å². The molecule has 4 aromatic rings. The molecule has 0 saturated carbocycles. The van der Waals surface area contributed by atoms with Crippen LogP contribution in [0.2, 0.25) is 0 Å². The molecule has 0 spiro atoms. The second-order valence-electron chi connectivity index (χ2n) is 6.19. The maximum absolute atomic E-state index is 9.68. The molecule has 4 rings (SSSR count). The minimum Gasteiger partial charge on any atom is -0.508 e. The summed E-state index contributed by atoms with van der Waals surface area (Å²) in [7, 11) is 0. The predicted octanol–water partition coefficient (Wildman–Crippen LogP) is 2.63. The Kier molecular flexibility index (Phi) is 3.80. The third kappa shape index (κ3) is 2.50. The van der Waals surface area contributed by atoms with E-state index in [2.05, 4.69) is 15.1 Å². The summed E-state index contributed by atoms with van der Waals surface area (Å²) in [4.78, 5) is 8.91. The lowest BCUT2D eigenvalue weighted by Crippen LogP contribution is -2.18. The number of fused-ring (bicyclic) bond motifs is 1. The number of rotatable bonds is 3. The lowest BCUT2D eigenvalue weighted by molar-refractivity contribution is 0.318. The van der Waals surface area contributed by atoms with Gasteiger partial charge in [-0.2, -0.15) is 0 Å². The van der Waals surface area contributed by atoms with Gasteiger partial charge in [-0.05, 0) is 50.2 Å². The van der Waals surface area contributed by atoms with Gasteiger partial charge in [0.1, 0.15) is 23.0 Å². The number of aromatic nitrogens is 4. The zero-order valence-corrected chi connectivity index (χ0v) is 14.8. The van der Waals surface area contributed by atoms with Gasteiger partial charge in [-0.3, -0.25) is 9.13 Å². The van der Waals surface area contributed by atoms with E-state index in [0.29, 0.717) is 17.0 Å². The Hall–Kier alpha value is -3.81. The molecule has 0 saturated heterocycles. The molecular formula is C19H18N6O2. The molecule has 0 amide bonds. The van der Waals surface area contributed by atoms with Crippen molar-refractivity contribution < 1.29 is 10.3 Å². The topological polar surface area (TPSA) is 114 Å². The van der Waals surface area contributed by atoms with Gasteiger partial charge in [-0.1, -0.05) is 5.16 Å². The first-order valence-corrected chi connectivity index (χ1v) is 8.31. The van der Waals surface area contributed by atoms with Gasteiger partial charge in [0.2, 0.25) is 0 Å². The first kappa shape index (κ1) is 16.6. The van der Waals surface area contributed by atoms with E-state index in [1.165, 1.54) is 0 Å². The lowest BCUT2D eigenvalue weighted by Gasteiger charge is -2.15. The monoisotopic (exact) mass is 362 g/mol. The highest BCUT2D eigenvalue weighted by atomic mass is 16.4. The molecule has 0 unspecified atom stereocenters. The SMILES string of the molecule is Cc1cnc(C)n1-c1c(C(N)=NO)c2cccnc2n1-c1ccc(O)cc1. The number of amidine groups is 1. The Bertz CT molecular complexity index is 1150. The summed E-state index contributed by atoms with van der Waals surface area (Å²) < 4.78 is 3.84. The fourth-order valence-corrected chi connectivity index (χ4v) is 3.34. The van der Waals surface area contributed by atoms with Gasteiger partial charge in [0, 0.05) is 29.2 Å². The normalized spacial score (nSPS) is 12.0. The number of benzene rings is 1. The molecule has 0 aliphatic rings. The Labute approximate surface area is 154 Å². The highest BCUT2D eigenvalue weighted by Crippen LogP contribution is 2.33. The number of hydrogen-bond donors (Lipinski definition) is 3. The van der Waals surface area contributed by atoms with E-state index in [-0.39, 0.29) is 11.6 Å². The Morgan fingerprint density at radius 1 is 1.07 bits per heavy atom. The van der Waals surface area contributed by atoms with Crippen LogP contribution in [-0.2, 0) is 0 Å². The van der Waals surface area contributed by atoms with Crippen LogP contribution in [0.15, 0.2) is 53.9 Å². The summed E-state index contributed by atoms with van der Waals surface area (Å²) in [5.41, 5.74) is 8.93. The second kappa shape index (κ2) is 6.17. The smallest absolute Gasteiger partial charge is 0.174 e. The standard InChI is InChI=1S/C19H18N6O2/c1-11-10-22-12(2)24(11)19-16(17(20)23-27)15-4-3-9-21-18(15)25(19)13-5-7-14(26)8-6-13/h3-10,26-27H,1-2H3,(H2,20,23).